The second-order valence-electron chi connectivity index (χ2n) is 14.4. The summed E-state index contributed by atoms with van der Waals surface area (Å²) < 4.78 is 8.73. The van der Waals surface area contributed by atoms with E-state index in [1.54, 1.807) is 0 Å². The summed E-state index contributed by atoms with van der Waals surface area (Å²) >= 11 is 0. The minimum absolute atomic E-state index is 0.545. The number of hydrogen-bond acceptors (Lipinski definition) is 4. The van der Waals surface area contributed by atoms with Crippen molar-refractivity contribution in [3.63, 3.8) is 0 Å². The molecule has 0 bridgehead atoms. The summed E-state index contributed by atoms with van der Waals surface area (Å²) in [4.78, 5) is 16.0. The lowest BCUT2D eigenvalue weighted by Crippen LogP contribution is -2.74. The normalized spacial score (nSPS) is 11.9. The van der Waals surface area contributed by atoms with Crippen LogP contribution in [0.3, 0.4) is 0 Å². The number of rotatable bonds is 7. The lowest BCUT2D eigenvalue weighted by Gasteiger charge is -2.34. The Morgan fingerprint density at radius 3 is 1.51 bits per heavy atom. The summed E-state index contributed by atoms with van der Waals surface area (Å²) in [5, 5.41) is 9.51. The minimum atomic E-state index is -2.83. The maximum absolute atomic E-state index is 6.56. The van der Waals surface area contributed by atoms with Gasteiger partial charge in [-0.25, -0.2) is 4.98 Å². The Morgan fingerprint density at radius 2 is 0.877 bits per heavy atom. The van der Waals surface area contributed by atoms with Crippen LogP contribution >= 0.6 is 0 Å². The summed E-state index contributed by atoms with van der Waals surface area (Å²) in [7, 11) is -2.83. The van der Waals surface area contributed by atoms with Crippen LogP contribution in [0.15, 0.2) is 211 Å². The van der Waals surface area contributed by atoms with E-state index < -0.39 is 8.07 Å². The first-order valence-corrected chi connectivity index (χ1v) is 21.2. The number of furan rings is 1. The molecule has 3 aromatic heterocycles. The van der Waals surface area contributed by atoms with E-state index in [-0.39, 0.29) is 0 Å². The van der Waals surface area contributed by atoms with Gasteiger partial charge in [0.2, 0.25) is 5.95 Å². The molecule has 0 fully saturated rings. The molecule has 8 aromatic carbocycles. The van der Waals surface area contributed by atoms with Gasteiger partial charge in [0.25, 0.3) is 0 Å². The van der Waals surface area contributed by atoms with Crippen molar-refractivity contribution in [2.75, 3.05) is 0 Å². The van der Waals surface area contributed by atoms with Gasteiger partial charge in [-0.3, -0.25) is 4.57 Å². The molecule has 0 radical (unpaired) electrons. The SMILES string of the molecule is c1ccc([Si](c2ccccc2)(c2ccccc2)c2cccc(-c3nc(-c4cccc5c4oc4ccccc45)nc(-n4c5ccccc5c5ccccc54)n3)c2)cc1. The van der Waals surface area contributed by atoms with E-state index in [0.717, 1.165) is 54.9 Å². The molecule has 3 heterocycles. The van der Waals surface area contributed by atoms with E-state index in [2.05, 4.69) is 187 Å². The molecule has 0 N–H and O–H groups in total. The summed E-state index contributed by atoms with van der Waals surface area (Å²) in [6.45, 7) is 0. The molecule has 11 aromatic rings. The quantitative estimate of drug-likeness (QED) is 0.121. The molecule has 0 atom stereocenters. The lowest BCUT2D eigenvalue weighted by atomic mass is 10.1. The lowest BCUT2D eigenvalue weighted by molar-refractivity contribution is 0.669. The van der Waals surface area contributed by atoms with Crippen LogP contribution in [0, 0.1) is 0 Å². The van der Waals surface area contributed by atoms with Crippen molar-refractivity contribution in [3.05, 3.63) is 206 Å². The maximum Gasteiger partial charge on any atom is 0.238 e. The molecule has 0 saturated heterocycles. The molecule has 0 unspecified atom stereocenters. The fourth-order valence-electron chi connectivity index (χ4n) is 8.73. The number of para-hydroxylation sites is 4. The predicted molar refractivity (Wildman–Crippen MR) is 236 cm³/mol. The van der Waals surface area contributed by atoms with Gasteiger partial charge in [-0.1, -0.05) is 182 Å². The highest BCUT2D eigenvalue weighted by atomic mass is 28.3. The topological polar surface area (TPSA) is 56.7 Å². The standard InChI is InChI=1S/C51H34N4OSi/c1-4-19-36(20-5-1)57(37-21-6-2-7-22-37,38-23-8-3-9-24-38)39-25-16-18-35(34-39)49-52-50(44-30-17-29-43-42-28-12-15-33-47(42)56-48(43)44)54-51(53-49)55-45-31-13-10-26-40(45)41-27-11-14-32-46(41)55/h1-34H. The molecular weight excluding hydrogens is 713 g/mol. The third-order valence-electron chi connectivity index (χ3n) is 11.2. The maximum atomic E-state index is 6.56. The molecule has 268 valence electrons. The largest absolute Gasteiger partial charge is 0.455 e. The Balaban J connectivity index is 1.20. The van der Waals surface area contributed by atoms with Gasteiger partial charge in [-0.15, -0.1) is 0 Å². The summed E-state index contributed by atoms with van der Waals surface area (Å²) in [5.74, 6) is 1.68. The monoisotopic (exact) mass is 746 g/mol. The zero-order valence-electron chi connectivity index (χ0n) is 30.8. The van der Waals surface area contributed by atoms with E-state index in [4.69, 9.17) is 19.4 Å². The molecule has 0 aliphatic rings. The first-order chi connectivity index (χ1) is 28.3. The second-order valence-corrected chi connectivity index (χ2v) is 18.2. The third-order valence-corrected chi connectivity index (χ3v) is 16.0. The van der Waals surface area contributed by atoms with Crippen LogP contribution in [0.5, 0.6) is 0 Å². The Kier molecular flexibility index (Phi) is 7.76. The van der Waals surface area contributed by atoms with E-state index in [0.29, 0.717) is 17.6 Å². The molecule has 5 nitrogen and oxygen atoms in total. The van der Waals surface area contributed by atoms with Crippen LogP contribution in [-0.4, -0.2) is 27.6 Å². The van der Waals surface area contributed by atoms with Gasteiger partial charge in [0, 0.05) is 27.1 Å². The number of aromatic nitrogens is 4. The zero-order valence-corrected chi connectivity index (χ0v) is 31.8. The number of nitrogens with zero attached hydrogens (tertiary/aromatic N) is 4. The van der Waals surface area contributed by atoms with Crippen LogP contribution in [0.2, 0.25) is 0 Å². The first-order valence-electron chi connectivity index (χ1n) is 19.2. The molecule has 11 rings (SSSR count). The molecule has 57 heavy (non-hydrogen) atoms. The minimum Gasteiger partial charge on any atom is -0.455 e. The summed E-state index contributed by atoms with van der Waals surface area (Å²) in [6, 6.07) is 73.1. The smallest absolute Gasteiger partial charge is 0.238 e. The van der Waals surface area contributed by atoms with Crippen molar-refractivity contribution in [1.29, 1.82) is 0 Å². The number of hydrogen-bond donors (Lipinski definition) is 0. The average Bonchev–Trinajstić information content (AvgIpc) is 3.84. The molecule has 0 aliphatic heterocycles. The van der Waals surface area contributed by atoms with E-state index in [1.165, 1.54) is 20.7 Å². The van der Waals surface area contributed by atoms with Gasteiger partial charge in [0.05, 0.1) is 16.6 Å². The van der Waals surface area contributed by atoms with Gasteiger partial charge in [-0.05, 0) is 45.0 Å². The highest BCUT2D eigenvalue weighted by molar-refractivity contribution is 7.19. The van der Waals surface area contributed by atoms with E-state index in [1.807, 2.05) is 24.3 Å². The van der Waals surface area contributed by atoms with Gasteiger partial charge < -0.3 is 4.42 Å². The fourth-order valence-corrected chi connectivity index (χ4v) is 13.5. The molecular formula is C51H34N4OSi. The van der Waals surface area contributed by atoms with Crippen LogP contribution in [0.25, 0.3) is 72.5 Å². The molecule has 0 saturated carbocycles. The van der Waals surface area contributed by atoms with Crippen LogP contribution < -0.4 is 20.7 Å². The Bertz CT molecular complexity index is 3100. The van der Waals surface area contributed by atoms with Gasteiger partial charge in [-0.2, -0.15) is 9.97 Å². The molecule has 0 amide bonds. The third kappa shape index (κ3) is 5.26. The Labute approximate surface area is 330 Å². The summed E-state index contributed by atoms with van der Waals surface area (Å²) in [5.41, 5.74) is 5.36. The fraction of sp³-hybridized carbons (Fsp3) is 0. The Morgan fingerprint density at radius 1 is 0.386 bits per heavy atom. The van der Waals surface area contributed by atoms with E-state index >= 15 is 0 Å². The van der Waals surface area contributed by atoms with Crippen LogP contribution in [0.4, 0.5) is 0 Å². The van der Waals surface area contributed by atoms with Gasteiger partial charge >= 0.3 is 0 Å². The molecule has 0 spiro atoms. The highest BCUT2D eigenvalue weighted by Crippen LogP contribution is 2.36. The zero-order chi connectivity index (χ0) is 37.8. The van der Waals surface area contributed by atoms with Crippen molar-refractivity contribution in [3.8, 4) is 28.7 Å². The van der Waals surface area contributed by atoms with Crippen molar-refractivity contribution in [2.24, 2.45) is 0 Å². The molecule has 6 heteroatoms. The predicted octanol–water partition coefficient (Wildman–Crippen LogP) is 9.58. The van der Waals surface area contributed by atoms with Crippen molar-refractivity contribution >= 4 is 72.6 Å². The first kappa shape index (κ1) is 33.0. The number of benzene rings is 8. The number of fused-ring (bicyclic) bond motifs is 6. The second kappa shape index (κ2) is 13.4. The van der Waals surface area contributed by atoms with Crippen LogP contribution in [-0.2, 0) is 0 Å². The van der Waals surface area contributed by atoms with Crippen molar-refractivity contribution in [1.82, 2.24) is 19.5 Å². The van der Waals surface area contributed by atoms with Gasteiger partial charge in [0.1, 0.15) is 11.2 Å². The van der Waals surface area contributed by atoms with Crippen LogP contribution in [0.1, 0.15) is 0 Å². The summed E-state index contributed by atoms with van der Waals surface area (Å²) in [6.07, 6.45) is 0. The van der Waals surface area contributed by atoms with Crippen molar-refractivity contribution < 1.29 is 4.42 Å². The van der Waals surface area contributed by atoms with E-state index in [9.17, 15) is 0 Å². The van der Waals surface area contributed by atoms with Crippen molar-refractivity contribution in [2.45, 2.75) is 0 Å². The Hall–Kier alpha value is -7.41. The van der Waals surface area contributed by atoms with Gasteiger partial charge in [0.15, 0.2) is 19.7 Å². The average molecular weight is 747 g/mol. The molecule has 0 aliphatic carbocycles. The highest BCUT2D eigenvalue weighted by Gasteiger charge is 2.41.